The molecule has 12 heteroatoms. The molecule has 0 saturated carbocycles. The van der Waals surface area contributed by atoms with Crippen LogP contribution in [-0.4, -0.2) is 64.1 Å². The van der Waals surface area contributed by atoms with Gasteiger partial charge in [-0.2, -0.15) is 0 Å². The molecule has 0 bridgehead atoms. The van der Waals surface area contributed by atoms with Crippen LogP contribution >= 0.6 is 0 Å². The fourth-order valence-corrected chi connectivity index (χ4v) is 4.19. The molecule has 4 N–H and O–H groups in total. The van der Waals surface area contributed by atoms with E-state index in [0.29, 0.717) is 29.6 Å². The molecule has 3 amide bonds. The van der Waals surface area contributed by atoms with Gasteiger partial charge in [0.2, 0.25) is 5.91 Å². The maximum Gasteiger partial charge on any atom is 0.410 e. The maximum atomic E-state index is 13.2. The molecule has 1 fully saturated rings. The molecule has 1 aromatic heterocycles. The van der Waals surface area contributed by atoms with Crippen molar-refractivity contribution in [3.8, 4) is 5.75 Å². The predicted molar refractivity (Wildman–Crippen MR) is 140 cm³/mol. The van der Waals surface area contributed by atoms with Crippen LogP contribution in [0.2, 0.25) is 0 Å². The van der Waals surface area contributed by atoms with Gasteiger partial charge in [-0.05, 0) is 63.6 Å². The van der Waals surface area contributed by atoms with Gasteiger partial charge in [0, 0.05) is 25.1 Å². The second-order valence-electron chi connectivity index (χ2n) is 10.2. The van der Waals surface area contributed by atoms with Crippen molar-refractivity contribution in [2.24, 2.45) is 11.5 Å². The SMILES string of the molecule is CC(C)(C)OC(=O)N1CCN(c2cc(C(N)=O)nc(C3C=CC(Oc4ccc(F)cc4)=CC3)n2)C(C(N)=O)C1. The number of allylic oxidation sites excluding steroid dienone is 3. The third-order valence-electron chi connectivity index (χ3n) is 6.08. The van der Waals surface area contributed by atoms with Crippen molar-refractivity contribution in [1.29, 1.82) is 0 Å². The number of carbonyl (C=O) groups excluding carboxylic acids is 3. The summed E-state index contributed by atoms with van der Waals surface area (Å²) in [6.07, 6.45) is 5.31. The second kappa shape index (κ2) is 11.1. The molecule has 1 aliphatic heterocycles. The molecule has 1 saturated heterocycles. The Morgan fingerprint density at radius 2 is 1.79 bits per heavy atom. The highest BCUT2D eigenvalue weighted by molar-refractivity contribution is 5.92. The number of nitrogens with zero attached hydrogens (tertiary/aromatic N) is 4. The summed E-state index contributed by atoms with van der Waals surface area (Å²) in [5.74, 6) is -0.397. The van der Waals surface area contributed by atoms with Crippen LogP contribution in [-0.2, 0) is 9.53 Å². The van der Waals surface area contributed by atoms with Crippen molar-refractivity contribution >= 4 is 23.7 Å². The fourth-order valence-electron chi connectivity index (χ4n) is 4.19. The van der Waals surface area contributed by atoms with Gasteiger partial charge in [0.1, 0.15) is 46.3 Å². The molecule has 11 nitrogen and oxygen atoms in total. The minimum atomic E-state index is -0.910. The average Bonchev–Trinajstić information content (AvgIpc) is 2.88. The van der Waals surface area contributed by atoms with Gasteiger partial charge in [0.25, 0.3) is 5.91 Å². The molecule has 2 atom stereocenters. The number of primary amides is 2. The highest BCUT2D eigenvalue weighted by atomic mass is 19.1. The number of carbonyl (C=O) groups is 3. The predicted octanol–water partition coefficient (Wildman–Crippen LogP) is 2.63. The van der Waals surface area contributed by atoms with E-state index in [-0.39, 0.29) is 37.1 Å². The second-order valence-corrected chi connectivity index (χ2v) is 10.2. The normalized spacial score (nSPS) is 19.3. The van der Waals surface area contributed by atoms with Crippen LogP contribution in [0.3, 0.4) is 0 Å². The average molecular weight is 539 g/mol. The number of piperazine rings is 1. The van der Waals surface area contributed by atoms with E-state index in [9.17, 15) is 18.8 Å². The van der Waals surface area contributed by atoms with E-state index in [1.165, 1.54) is 35.2 Å². The number of hydrogen-bond acceptors (Lipinski definition) is 8. The van der Waals surface area contributed by atoms with Gasteiger partial charge >= 0.3 is 6.09 Å². The van der Waals surface area contributed by atoms with Crippen LogP contribution in [0.15, 0.2) is 54.3 Å². The Morgan fingerprint density at radius 3 is 2.38 bits per heavy atom. The van der Waals surface area contributed by atoms with Gasteiger partial charge < -0.3 is 30.7 Å². The molecule has 2 aromatic rings. The number of nitrogens with two attached hydrogens (primary N) is 2. The van der Waals surface area contributed by atoms with Crippen molar-refractivity contribution < 1.29 is 28.2 Å². The molecular weight excluding hydrogens is 507 g/mol. The first kappa shape index (κ1) is 27.6. The summed E-state index contributed by atoms with van der Waals surface area (Å²) in [5.41, 5.74) is 10.6. The maximum absolute atomic E-state index is 13.2. The largest absolute Gasteiger partial charge is 0.458 e. The molecule has 2 heterocycles. The van der Waals surface area contributed by atoms with Gasteiger partial charge in [0.05, 0.1) is 6.54 Å². The van der Waals surface area contributed by atoms with Crippen molar-refractivity contribution in [1.82, 2.24) is 14.9 Å². The van der Waals surface area contributed by atoms with Gasteiger partial charge in [-0.15, -0.1) is 0 Å². The third kappa shape index (κ3) is 6.89. The first-order chi connectivity index (χ1) is 18.4. The van der Waals surface area contributed by atoms with Gasteiger partial charge in [-0.25, -0.2) is 19.2 Å². The minimum absolute atomic E-state index is 0.00829. The van der Waals surface area contributed by atoms with E-state index < -0.39 is 29.6 Å². The quantitative estimate of drug-likeness (QED) is 0.569. The monoisotopic (exact) mass is 538 g/mol. The summed E-state index contributed by atoms with van der Waals surface area (Å²) < 4.78 is 24.4. The Morgan fingerprint density at radius 1 is 1.08 bits per heavy atom. The summed E-state index contributed by atoms with van der Waals surface area (Å²) in [7, 11) is 0. The van der Waals surface area contributed by atoms with E-state index in [0.717, 1.165) is 0 Å². The van der Waals surface area contributed by atoms with Crippen molar-refractivity contribution in [2.75, 3.05) is 24.5 Å². The summed E-state index contributed by atoms with van der Waals surface area (Å²) in [4.78, 5) is 49.2. The molecule has 0 radical (unpaired) electrons. The topological polar surface area (TPSA) is 154 Å². The molecule has 2 unspecified atom stereocenters. The Balaban J connectivity index is 1.54. The third-order valence-corrected chi connectivity index (χ3v) is 6.08. The first-order valence-electron chi connectivity index (χ1n) is 12.4. The Kier molecular flexibility index (Phi) is 7.84. The lowest BCUT2D eigenvalue weighted by molar-refractivity contribution is -0.120. The summed E-state index contributed by atoms with van der Waals surface area (Å²) in [5, 5.41) is 0. The van der Waals surface area contributed by atoms with Gasteiger partial charge in [-0.3, -0.25) is 9.59 Å². The smallest absolute Gasteiger partial charge is 0.410 e. The number of ether oxygens (including phenoxy) is 2. The number of aromatic nitrogens is 2. The molecule has 1 aliphatic carbocycles. The van der Waals surface area contributed by atoms with E-state index in [2.05, 4.69) is 9.97 Å². The summed E-state index contributed by atoms with van der Waals surface area (Å²) >= 11 is 0. The van der Waals surface area contributed by atoms with Gasteiger partial charge in [0.15, 0.2) is 0 Å². The first-order valence-corrected chi connectivity index (χ1v) is 12.4. The Hall–Kier alpha value is -4.48. The minimum Gasteiger partial charge on any atom is -0.458 e. The summed E-state index contributed by atoms with van der Waals surface area (Å²) in [6, 6.07) is 6.17. The number of rotatable bonds is 6. The molecule has 4 rings (SSSR count). The van der Waals surface area contributed by atoms with Crippen molar-refractivity contribution in [2.45, 2.75) is 44.8 Å². The Bertz CT molecular complexity index is 1320. The highest BCUT2D eigenvalue weighted by Gasteiger charge is 2.36. The lowest BCUT2D eigenvalue weighted by Crippen LogP contribution is -2.60. The molecule has 39 heavy (non-hydrogen) atoms. The zero-order valence-electron chi connectivity index (χ0n) is 22.0. The van der Waals surface area contributed by atoms with E-state index in [1.54, 1.807) is 31.7 Å². The van der Waals surface area contributed by atoms with Crippen molar-refractivity contribution in [3.05, 3.63) is 71.7 Å². The van der Waals surface area contributed by atoms with Crippen LogP contribution < -0.4 is 21.1 Å². The number of amides is 3. The lowest BCUT2D eigenvalue weighted by Gasteiger charge is -2.40. The molecular formula is C27H31FN6O5. The van der Waals surface area contributed by atoms with Crippen molar-refractivity contribution in [3.63, 3.8) is 0 Å². The zero-order chi connectivity index (χ0) is 28.3. The van der Waals surface area contributed by atoms with Crippen LogP contribution in [0.5, 0.6) is 5.75 Å². The van der Waals surface area contributed by atoms with E-state index in [1.807, 2.05) is 12.2 Å². The highest BCUT2D eigenvalue weighted by Crippen LogP contribution is 2.29. The Labute approximate surface area is 225 Å². The van der Waals surface area contributed by atoms with Crippen LogP contribution in [0.4, 0.5) is 15.0 Å². The summed E-state index contributed by atoms with van der Waals surface area (Å²) in [6.45, 7) is 5.73. The number of hydrogen-bond donors (Lipinski definition) is 2. The molecule has 1 aromatic carbocycles. The van der Waals surface area contributed by atoms with Crippen LogP contribution in [0.25, 0.3) is 0 Å². The number of benzene rings is 1. The van der Waals surface area contributed by atoms with E-state index >= 15 is 0 Å². The lowest BCUT2D eigenvalue weighted by atomic mass is 9.99. The zero-order valence-corrected chi connectivity index (χ0v) is 22.0. The molecule has 206 valence electrons. The number of halogens is 1. The molecule has 2 aliphatic rings. The fraction of sp³-hybridized carbons (Fsp3) is 0.370. The van der Waals surface area contributed by atoms with E-state index in [4.69, 9.17) is 20.9 Å². The number of anilines is 1. The molecule has 0 spiro atoms. The van der Waals surface area contributed by atoms with Crippen LogP contribution in [0, 0.1) is 5.82 Å². The van der Waals surface area contributed by atoms with Gasteiger partial charge in [-0.1, -0.05) is 6.08 Å². The van der Waals surface area contributed by atoms with Crippen LogP contribution in [0.1, 0.15) is 49.4 Å². The standard InChI is InChI=1S/C27H31FN6O5/c1-27(2,3)39-26(37)33-12-13-34(21(15-33)24(30)36)22-14-20(23(29)35)31-25(32-22)16-4-8-18(9-5-16)38-19-10-6-17(28)7-11-19/h4,6-11,14,16,21H,5,12-13,15H2,1-3H3,(H2,29,35)(H2,30,36).